The number of esters is 6. The largest absolute Gasteiger partial charge is 0.465 e. The molecular formula is C34H50O13S2. The molecule has 0 unspecified atom stereocenters. The fraction of sp³-hybridized carbons (Fsp3) is 0.588. The van der Waals surface area contributed by atoms with Crippen molar-refractivity contribution in [2.75, 3.05) is 75.9 Å². The fourth-order valence-electron chi connectivity index (χ4n) is 3.53. The molecule has 0 aromatic heterocycles. The predicted molar refractivity (Wildman–Crippen MR) is 187 cm³/mol. The third-order valence-corrected chi connectivity index (χ3v) is 8.62. The average Bonchev–Trinajstić information content (AvgIpc) is 3.11. The molecule has 0 radical (unpaired) electrons. The zero-order chi connectivity index (χ0) is 37.0. The molecule has 0 aromatic rings. The second-order valence-electron chi connectivity index (χ2n) is 10.8. The van der Waals surface area contributed by atoms with E-state index in [1.54, 1.807) is 23.5 Å². The van der Waals surface area contributed by atoms with Gasteiger partial charge >= 0.3 is 35.8 Å². The first kappa shape index (κ1) is 45.4. The lowest BCUT2D eigenvalue weighted by molar-refractivity contribution is -0.171. The maximum Gasteiger partial charge on any atom is 0.330 e. The van der Waals surface area contributed by atoms with Crippen LogP contribution in [0.5, 0.6) is 0 Å². The molecule has 49 heavy (non-hydrogen) atoms. The minimum atomic E-state index is -1.45. The van der Waals surface area contributed by atoms with Crippen molar-refractivity contribution >= 4 is 59.3 Å². The molecule has 0 bridgehead atoms. The number of rotatable bonds is 30. The Balaban J connectivity index is 6.33. The van der Waals surface area contributed by atoms with Crippen LogP contribution in [0.4, 0.5) is 0 Å². The van der Waals surface area contributed by atoms with E-state index in [9.17, 15) is 28.8 Å². The van der Waals surface area contributed by atoms with Crippen LogP contribution >= 0.6 is 23.5 Å². The highest BCUT2D eigenvalue weighted by Crippen LogP contribution is 2.26. The maximum absolute atomic E-state index is 12.6. The molecule has 0 spiro atoms. The van der Waals surface area contributed by atoms with Gasteiger partial charge in [-0.25, -0.2) is 19.2 Å². The Kier molecular flexibility index (Phi) is 25.3. The zero-order valence-corrected chi connectivity index (χ0v) is 30.2. The predicted octanol–water partition coefficient (Wildman–Crippen LogP) is 4.05. The van der Waals surface area contributed by atoms with Crippen molar-refractivity contribution in [3.63, 3.8) is 0 Å². The number of ether oxygens (including phenoxy) is 7. The van der Waals surface area contributed by atoms with Gasteiger partial charge in [0.25, 0.3) is 0 Å². The third kappa shape index (κ3) is 21.9. The van der Waals surface area contributed by atoms with Crippen LogP contribution in [0.25, 0.3) is 0 Å². The second-order valence-corrected chi connectivity index (χ2v) is 13.2. The molecule has 0 amide bonds. The topological polar surface area (TPSA) is 167 Å². The van der Waals surface area contributed by atoms with E-state index in [0.717, 1.165) is 48.7 Å². The van der Waals surface area contributed by atoms with Crippen LogP contribution in [0, 0.1) is 10.8 Å². The van der Waals surface area contributed by atoms with Crippen molar-refractivity contribution in [1.29, 1.82) is 0 Å². The van der Waals surface area contributed by atoms with E-state index in [1.165, 1.54) is 0 Å². The molecule has 0 aliphatic carbocycles. The highest BCUT2D eigenvalue weighted by atomic mass is 32.2. The standard InChI is InChI=1S/C34H50O13S2/c1-7-15-48-17-13-31(39)46-25-33(21-42-27(35)9-3,22-43-28(36)10-4)19-41-20-34(23-44-29(37)11-5,24-45-30(38)12-6)26-47-32(40)14-18-49-16-8-2/h9-12H,3-8,13-26H2,1-2H3. The summed E-state index contributed by atoms with van der Waals surface area (Å²) in [5.74, 6) is -1.47. The van der Waals surface area contributed by atoms with Gasteiger partial charge in [-0.15, -0.1) is 0 Å². The Morgan fingerprint density at radius 2 is 0.755 bits per heavy atom. The van der Waals surface area contributed by atoms with Gasteiger partial charge in [-0.2, -0.15) is 23.5 Å². The molecule has 15 heteroatoms. The quantitative estimate of drug-likeness (QED) is 0.0449. The Morgan fingerprint density at radius 3 is 1.02 bits per heavy atom. The Hall–Kier alpha value is -3.56. The van der Waals surface area contributed by atoms with E-state index in [4.69, 9.17) is 33.2 Å². The van der Waals surface area contributed by atoms with Crippen molar-refractivity contribution in [2.24, 2.45) is 10.8 Å². The number of carbonyl (C=O) groups excluding carboxylic acids is 6. The van der Waals surface area contributed by atoms with E-state index in [-0.39, 0.29) is 26.1 Å². The summed E-state index contributed by atoms with van der Waals surface area (Å²) in [6.45, 7) is 14.3. The van der Waals surface area contributed by atoms with E-state index in [0.29, 0.717) is 11.5 Å². The molecule has 0 saturated heterocycles. The summed E-state index contributed by atoms with van der Waals surface area (Å²) in [6.07, 6.45) is 5.83. The van der Waals surface area contributed by atoms with Crippen LogP contribution in [0.3, 0.4) is 0 Å². The summed E-state index contributed by atoms with van der Waals surface area (Å²) in [4.78, 5) is 73.5. The van der Waals surface area contributed by atoms with Gasteiger partial charge in [0, 0.05) is 35.8 Å². The van der Waals surface area contributed by atoms with Crippen LogP contribution < -0.4 is 0 Å². The smallest absolute Gasteiger partial charge is 0.330 e. The van der Waals surface area contributed by atoms with Crippen LogP contribution in [0.15, 0.2) is 50.6 Å². The summed E-state index contributed by atoms with van der Waals surface area (Å²) in [7, 11) is 0. The number of hydrogen-bond donors (Lipinski definition) is 0. The second kappa shape index (κ2) is 27.3. The first-order valence-corrected chi connectivity index (χ1v) is 18.0. The molecular weight excluding hydrogens is 680 g/mol. The summed E-state index contributed by atoms with van der Waals surface area (Å²) in [6, 6.07) is 0. The number of carbonyl (C=O) groups is 6. The number of hydrogen-bond acceptors (Lipinski definition) is 15. The van der Waals surface area contributed by atoms with Gasteiger partial charge in [0.2, 0.25) is 0 Å². The Bertz CT molecular complexity index is 974. The first-order chi connectivity index (χ1) is 23.4. The van der Waals surface area contributed by atoms with Gasteiger partial charge in [-0.05, 0) is 24.3 Å². The molecule has 0 aliphatic heterocycles. The van der Waals surface area contributed by atoms with Crippen molar-refractivity contribution in [1.82, 2.24) is 0 Å². The van der Waals surface area contributed by atoms with Crippen LogP contribution in [0.1, 0.15) is 39.5 Å². The van der Waals surface area contributed by atoms with Crippen molar-refractivity contribution in [3.8, 4) is 0 Å². The van der Waals surface area contributed by atoms with E-state index in [1.807, 2.05) is 13.8 Å². The van der Waals surface area contributed by atoms with Gasteiger partial charge in [-0.3, -0.25) is 9.59 Å². The molecule has 0 rings (SSSR count). The van der Waals surface area contributed by atoms with E-state index in [2.05, 4.69) is 26.3 Å². The summed E-state index contributed by atoms with van der Waals surface area (Å²) < 4.78 is 38.3. The molecule has 0 heterocycles. The molecule has 13 nitrogen and oxygen atoms in total. The monoisotopic (exact) mass is 730 g/mol. The van der Waals surface area contributed by atoms with E-state index < -0.39 is 86.3 Å². The zero-order valence-electron chi connectivity index (χ0n) is 28.6. The molecule has 0 aliphatic rings. The SMILES string of the molecule is C=CC(=O)OCC(COCC(COC(=O)C=C)(COC(=O)C=C)COC(=O)CCSCCC)(COC(=O)C=C)COC(=O)CCSCCC. The van der Waals surface area contributed by atoms with E-state index >= 15 is 0 Å². The molecule has 0 N–H and O–H groups in total. The highest BCUT2D eigenvalue weighted by Gasteiger charge is 2.40. The average molecular weight is 731 g/mol. The molecule has 0 fully saturated rings. The number of thioether (sulfide) groups is 2. The molecule has 0 saturated carbocycles. The van der Waals surface area contributed by atoms with Gasteiger partial charge in [-0.1, -0.05) is 40.2 Å². The van der Waals surface area contributed by atoms with Gasteiger partial charge in [0.1, 0.15) is 39.6 Å². The van der Waals surface area contributed by atoms with Crippen LogP contribution in [-0.2, 0) is 61.9 Å². The molecule has 276 valence electrons. The Morgan fingerprint density at radius 1 is 0.469 bits per heavy atom. The summed E-state index contributed by atoms with van der Waals surface area (Å²) in [5, 5.41) is 0. The first-order valence-electron chi connectivity index (χ1n) is 15.7. The minimum Gasteiger partial charge on any atom is -0.465 e. The third-order valence-electron chi connectivity index (χ3n) is 6.24. The lowest BCUT2D eigenvalue weighted by Gasteiger charge is -2.35. The van der Waals surface area contributed by atoms with Gasteiger partial charge < -0.3 is 33.2 Å². The molecule has 0 aromatic carbocycles. The summed E-state index contributed by atoms with van der Waals surface area (Å²) in [5.41, 5.74) is -2.89. The normalized spacial score (nSPS) is 11.0. The summed E-state index contributed by atoms with van der Waals surface area (Å²) >= 11 is 3.18. The Labute approximate surface area is 297 Å². The van der Waals surface area contributed by atoms with Gasteiger partial charge in [0.15, 0.2) is 0 Å². The lowest BCUT2D eigenvalue weighted by atomic mass is 9.90. The maximum atomic E-state index is 12.6. The van der Waals surface area contributed by atoms with Crippen molar-refractivity contribution in [3.05, 3.63) is 50.6 Å². The lowest BCUT2D eigenvalue weighted by Crippen LogP contribution is -2.47. The molecule has 0 atom stereocenters. The highest BCUT2D eigenvalue weighted by molar-refractivity contribution is 7.99. The fourth-order valence-corrected chi connectivity index (χ4v) is 5.14. The van der Waals surface area contributed by atoms with Crippen LogP contribution in [0.2, 0.25) is 0 Å². The van der Waals surface area contributed by atoms with Gasteiger partial charge in [0.05, 0.1) is 36.9 Å². The minimum absolute atomic E-state index is 0.106. The van der Waals surface area contributed by atoms with Crippen LogP contribution in [-0.4, -0.2) is 112 Å². The van der Waals surface area contributed by atoms with Crippen molar-refractivity contribution in [2.45, 2.75) is 39.5 Å². The van der Waals surface area contributed by atoms with Crippen molar-refractivity contribution < 1.29 is 61.9 Å².